The first kappa shape index (κ1) is 11.7. The van der Waals surface area contributed by atoms with Crippen molar-refractivity contribution in [3.05, 3.63) is 71.5 Å². The number of carbonyl (C=O) groups is 1. The fourth-order valence-corrected chi connectivity index (χ4v) is 2.19. The number of fused-ring (bicyclic) bond motifs is 1. The maximum atomic E-state index is 12.2. The first-order valence-electron chi connectivity index (χ1n) is 6.30. The van der Waals surface area contributed by atoms with Gasteiger partial charge in [0.25, 0.3) is 0 Å². The van der Waals surface area contributed by atoms with Crippen molar-refractivity contribution in [3.8, 4) is 0 Å². The van der Waals surface area contributed by atoms with E-state index < -0.39 is 0 Å². The number of furan rings is 1. The van der Waals surface area contributed by atoms with Gasteiger partial charge in [-0.05, 0) is 30.2 Å². The highest BCUT2D eigenvalue weighted by Gasteiger charge is 2.13. The molecular formula is C17H14O2. The predicted molar refractivity (Wildman–Crippen MR) is 75.4 cm³/mol. The molecule has 94 valence electrons. The minimum Gasteiger partial charge on any atom is -0.453 e. The van der Waals surface area contributed by atoms with E-state index in [-0.39, 0.29) is 5.78 Å². The second kappa shape index (κ2) is 4.73. The summed E-state index contributed by atoms with van der Waals surface area (Å²) >= 11 is 0. The molecule has 1 aromatic heterocycles. The lowest BCUT2D eigenvalue weighted by Crippen LogP contribution is -2.03. The van der Waals surface area contributed by atoms with E-state index in [1.165, 1.54) is 0 Å². The number of Topliss-reactive ketones (excluding diaryl/α,β-unsaturated/α-hetero) is 1. The van der Waals surface area contributed by atoms with Crippen LogP contribution in [0.3, 0.4) is 0 Å². The molecule has 0 aliphatic rings. The van der Waals surface area contributed by atoms with E-state index in [1.807, 2.05) is 61.5 Å². The monoisotopic (exact) mass is 250 g/mol. The number of ketones is 1. The van der Waals surface area contributed by atoms with Crippen LogP contribution in [0.1, 0.15) is 21.7 Å². The molecule has 19 heavy (non-hydrogen) atoms. The van der Waals surface area contributed by atoms with Gasteiger partial charge in [-0.25, -0.2) is 0 Å². The molecule has 0 saturated heterocycles. The van der Waals surface area contributed by atoms with Gasteiger partial charge < -0.3 is 4.42 Å². The molecule has 0 bridgehead atoms. The van der Waals surface area contributed by atoms with Crippen molar-refractivity contribution in [2.75, 3.05) is 0 Å². The van der Waals surface area contributed by atoms with Gasteiger partial charge in [-0.2, -0.15) is 0 Å². The van der Waals surface area contributed by atoms with E-state index in [1.54, 1.807) is 0 Å². The summed E-state index contributed by atoms with van der Waals surface area (Å²) in [7, 11) is 0. The summed E-state index contributed by atoms with van der Waals surface area (Å²) in [6.07, 6.45) is 0.381. The largest absolute Gasteiger partial charge is 0.453 e. The van der Waals surface area contributed by atoms with Crippen LogP contribution in [0.25, 0.3) is 11.0 Å². The van der Waals surface area contributed by atoms with Crippen molar-refractivity contribution in [1.29, 1.82) is 0 Å². The SMILES string of the molecule is Cc1ccccc1CC(=O)c1cc2ccccc2o1. The lowest BCUT2D eigenvalue weighted by molar-refractivity contribution is 0.0968. The minimum atomic E-state index is 0.0190. The van der Waals surface area contributed by atoms with Gasteiger partial charge in [0.1, 0.15) is 5.58 Å². The van der Waals surface area contributed by atoms with Gasteiger partial charge in [0.15, 0.2) is 5.76 Å². The van der Waals surface area contributed by atoms with Crippen LogP contribution >= 0.6 is 0 Å². The molecule has 0 spiro atoms. The Hall–Kier alpha value is -2.35. The Morgan fingerprint density at radius 2 is 1.79 bits per heavy atom. The molecule has 0 aliphatic carbocycles. The third kappa shape index (κ3) is 2.29. The fourth-order valence-electron chi connectivity index (χ4n) is 2.19. The molecule has 3 aromatic rings. The van der Waals surface area contributed by atoms with Gasteiger partial charge in [-0.3, -0.25) is 4.79 Å². The Labute approximate surface area is 111 Å². The Bertz CT molecular complexity index is 705. The number of hydrogen-bond acceptors (Lipinski definition) is 2. The van der Waals surface area contributed by atoms with E-state index in [9.17, 15) is 4.79 Å². The third-order valence-electron chi connectivity index (χ3n) is 3.31. The fraction of sp³-hybridized carbons (Fsp3) is 0.118. The molecule has 0 N–H and O–H groups in total. The minimum absolute atomic E-state index is 0.0190. The molecular weight excluding hydrogens is 236 g/mol. The van der Waals surface area contributed by atoms with Crippen molar-refractivity contribution < 1.29 is 9.21 Å². The molecule has 2 nitrogen and oxygen atoms in total. The van der Waals surface area contributed by atoms with Gasteiger partial charge in [0.2, 0.25) is 5.78 Å². The summed E-state index contributed by atoms with van der Waals surface area (Å²) in [5.41, 5.74) is 2.94. The molecule has 1 heterocycles. The maximum Gasteiger partial charge on any atom is 0.202 e. The molecule has 3 rings (SSSR count). The topological polar surface area (TPSA) is 30.2 Å². The molecule has 2 aromatic carbocycles. The standard InChI is InChI=1S/C17H14O2/c1-12-6-2-3-7-13(12)10-15(18)17-11-14-8-4-5-9-16(14)19-17/h2-9,11H,10H2,1H3. The quantitative estimate of drug-likeness (QED) is 0.653. The molecule has 0 radical (unpaired) electrons. The van der Waals surface area contributed by atoms with Crippen molar-refractivity contribution in [2.24, 2.45) is 0 Å². The van der Waals surface area contributed by atoms with Gasteiger partial charge in [-0.1, -0.05) is 42.5 Å². The van der Waals surface area contributed by atoms with E-state index in [4.69, 9.17) is 4.42 Å². The Kier molecular flexibility index (Phi) is 2.92. The summed E-state index contributed by atoms with van der Waals surface area (Å²) in [6.45, 7) is 2.02. The molecule has 0 amide bonds. The zero-order valence-electron chi connectivity index (χ0n) is 10.7. The highest BCUT2D eigenvalue weighted by atomic mass is 16.3. The summed E-state index contributed by atoms with van der Waals surface area (Å²) < 4.78 is 5.59. The maximum absolute atomic E-state index is 12.2. The van der Waals surface area contributed by atoms with E-state index in [0.717, 1.165) is 22.1 Å². The van der Waals surface area contributed by atoms with Crippen LogP contribution in [0.2, 0.25) is 0 Å². The first-order chi connectivity index (χ1) is 9.24. The Balaban J connectivity index is 1.90. The molecule has 0 atom stereocenters. The van der Waals surface area contributed by atoms with E-state index in [0.29, 0.717) is 12.2 Å². The summed E-state index contributed by atoms with van der Waals surface area (Å²) in [4.78, 5) is 12.2. The lowest BCUT2D eigenvalue weighted by atomic mass is 10.0. The van der Waals surface area contributed by atoms with Crippen molar-refractivity contribution in [1.82, 2.24) is 0 Å². The average Bonchev–Trinajstić information content (AvgIpc) is 2.85. The van der Waals surface area contributed by atoms with Crippen LogP contribution in [0.5, 0.6) is 0 Å². The van der Waals surface area contributed by atoms with Gasteiger partial charge in [-0.15, -0.1) is 0 Å². The smallest absolute Gasteiger partial charge is 0.202 e. The summed E-state index contributed by atoms with van der Waals surface area (Å²) in [5, 5.41) is 0.968. The van der Waals surface area contributed by atoms with E-state index >= 15 is 0 Å². The molecule has 0 aliphatic heterocycles. The number of carbonyl (C=O) groups excluding carboxylic acids is 1. The molecule has 0 fully saturated rings. The van der Waals surface area contributed by atoms with Gasteiger partial charge in [0.05, 0.1) is 0 Å². The number of rotatable bonds is 3. The summed E-state index contributed by atoms with van der Waals surface area (Å²) in [5.74, 6) is 0.454. The average molecular weight is 250 g/mol. The Morgan fingerprint density at radius 3 is 2.58 bits per heavy atom. The normalized spacial score (nSPS) is 10.8. The molecule has 2 heteroatoms. The van der Waals surface area contributed by atoms with Gasteiger partial charge >= 0.3 is 0 Å². The third-order valence-corrected chi connectivity index (χ3v) is 3.31. The molecule has 0 unspecified atom stereocenters. The van der Waals surface area contributed by atoms with Crippen LogP contribution in [0.4, 0.5) is 0 Å². The van der Waals surface area contributed by atoms with E-state index in [2.05, 4.69) is 0 Å². The number of hydrogen-bond donors (Lipinski definition) is 0. The second-order valence-corrected chi connectivity index (χ2v) is 4.67. The second-order valence-electron chi connectivity index (χ2n) is 4.67. The zero-order chi connectivity index (χ0) is 13.2. The first-order valence-corrected chi connectivity index (χ1v) is 6.30. The van der Waals surface area contributed by atoms with Crippen LogP contribution in [0.15, 0.2) is 59.0 Å². The highest BCUT2D eigenvalue weighted by Crippen LogP contribution is 2.20. The van der Waals surface area contributed by atoms with Crippen molar-refractivity contribution >= 4 is 16.8 Å². The number of aryl methyl sites for hydroxylation is 1. The predicted octanol–water partition coefficient (Wildman–Crippen LogP) is 4.17. The number of para-hydroxylation sites is 1. The van der Waals surface area contributed by atoms with Gasteiger partial charge in [0, 0.05) is 11.8 Å². The Morgan fingerprint density at radius 1 is 1.05 bits per heavy atom. The van der Waals surface area contributed by atoms with Crippen LogP contribution in [-0.4, -0.2) is 5.78 Å². The zero-order valence-corrected chi connectivity index (χ0v) is 10.7. The van der Waals surface area contributed by atoms with Crippen molar-refractivity contribution in [2.45, 2.75) is 13.3 Å². The van der Waals surface area contributed by atoms with Crippen LogP contribution < -0.4 is 0 Å². The summed E-state index contributed by atoms with van der Waals surface area (Å²) in [6, 6.07) is 17.4. The lowest BCUT2D eigenvalue weighted by Gasteiger charge is -2.02. The molecule has 0 saturated carbocycles. The highest BCUT2D eigenvalue weighted by molar-refractivity contribution is 5.98. The van der Waals surface area contributed by atoms with Crippen LogP contribution in [0, 0.1) is 6.92 Å². The van der Waals surface area contributed by atoms with Crippen LogP contribution in [-0.2, 0) is 6.42 Å². The van der Waals surface area contributed by atoms with Crippen molar-refractivity contribution in [3.63, 3.8) is 0 Å². The number of benzene rings is 2.